The minimum Gasteiger partial charge on any atom is -0.344 e. The van der Waals surface area contributed by atoms with Crippen LogP contribution in [0.25, 0.3) is 10.1 Å². The van der Waals surface area contributed by atoms with Gasteiger partial charge in [-0.1, -0.05) is 0 Å². The van der Waals surface area contributed by atoms with Crippen molar-refractivity contribution < 1.29 is 4.79 Å². The molecule has 0 unspecified atom stereocenters. The van der Waals surface area contributed by atoms with Crippen molar-refractivity contribution in [3.05, 3.63) is 27.3 Å². The molecule has 0 aromatic carbocycles. The number of hydrogen-bond donors (Lipinski definition) is 0. The average Bonchev–Trinajstić information content (AvgIpc) is 2.92. The summed E-state index contributed by atoms with van der Waals surface area (Å²) in [6.07, 6.45) is 11.6. The molecule has 0 aliphatic heterocycles. The first kappa shape index (κ1) is 16.5. The van der Waals surface area contributed by atoms with Crippen LogP contribution in [0.4, 0.5) is 0 Å². The van der Waals surface area contributed by atoms with Gasteiger partial charge in [0.2, 0.25) is 0 Å². The lowest BCUT2D eigenvalue weighted by Crippen LogP contribution is -2.23. The molecule has 0 atom stereocenters. The summed E-state index contributed by atoms with van der Waals surface area (Å²) in [6, 6.07) is 2.04. The Morgan fingerprint density at radius 2 is 2.09 bits per heavy atom. The van der Waals surface area contributed by atoms with Crippen LogP contribution in [0.3, 0.4) is 0 Å². The monoisotopic (exact) mass is 390 g/mol. The molecular formula is C18H19BrN2OS. The average molecular weight is 391 g/mol. The number of aromatic nitrogens is 1. The minimum absolute atomic E-state index is 0.0800. The summed E-state index contributed by atoms with van der Waals surface area (Å²) in [5, 5.41) is 1.16. The van der Waals surface area contributed by atoms with E-state index in [1.165, 1.54) is 5.56 Å². The summed E-state index contributed by atoms with van der Waals surface area (Å²) < 4.78 is 1.89. The molecular weight excluding hydrogens is 372 g/mol. The SMILES string of the molecule is C#CC1CCC(c2c(C(=O)N(C)C)sc3cnc(Br)cc23)CC1. The van der Waals surface area contributed by atoms with E-state index in [2.05, 4.69) is 26.8 Å². The number of carbonyl (C=O) groups is 1. The maximum absolute atomic E-state index is 12.7. The lowest BCUT2D eigenvalue weighted by molar-refractivity contribution is 0.0830. The van der Waals surface area contributed by atoms with Crippen LogP contribution in [0.5, 0.6) is 0 Å². The van der Waals surface area contributed by atoms with Crippen molar-refractivity contribution in [2.45, 2.75) is 31.6 Å². The summed E-state index contributed by atoms with van der Waals surface area (Å²) in [4.78, 5) is 19.5. The molecule has 1 saturated carbocycles. The van der Waals surface area contributed by atoms with Crippen LogP contribution >= 0.6 is 27.3 Å². The quantitative estimate of drug-likeness (QED) is 0.551. The predicted octanol–water partition coefficient (Wildman–Crippen LogP) is 4.67. The Labute approximate surface area is 149 Å². The van der Waals surface area contributed by atoms with E-state index in [0.717, 1.165) is 45.2 Å². The standard InChI is InChI=1S/C18H19BrN2OS/c1-4-11-5-7-12(8-6-11)16-13-9-15(19)20-10-14(13)23-17(16)18(22)21(2)3/h1,9-12H,5-8H2,2-3H3. The van der Waals surface area contributed by atoms with Gasteiger partial charge < -0.3 is 4.90 Å². The highest BCUT2D eigenvalue weighted by atomic mass is 79.9. The van der Waals surface area contributed by atoms with E-state index in [-0.39, 0.29) is 5.91 Å². The van der Waals surface area contributed by atoms with Gasteiger partial charge in [0.25, 0.3) is 5.91 Å². The predicted molar refractivity (Wildman–Crippen MR) is 98.9 cm³/mol. The number of halogens is 1. The van der Waals surface area contributed by atoms with Gasteiger partial charge in [-0.25, -0.2) is 4.98 Å². The number of hydrogen-bond acceptors (Lipinski definition) is 3. The molecule has 2 aromatic heterocycles. The van der Waals surface area contributed by atoms with E-state index in [4.69, 9.17) is 6.42 Å². The molecule has 3 nitrogen and oxygen atoms in total. The Bertz CT molecular complexity index is 782. The van der Waals surface area contributed by atoms with E-state index in [1.807, 2.05) is 12.3 Å². The molecule has 2 heterocycles. The Morgan fingerprint density at radius 1 is 1.39 bits per heavy atom. The number of carbonyl (C=O) groups excluding carboxylic acids is 1. The molecule has 23 heavy (non-hydrogen) atoms. The molecule has 0 spiro atoms. The third-order valence-corrected chi connectivity index (χ3v) is 6.13. The molecule has 1 fully saturated rings. The third-order valence-electron chi connectivity index (χ3n) is 4.55. The van der Waals surface area contributed by atoms with Gasteiger partial charge in [-0.2, -0.15) is 0 Å². The van der Waals surface area contributed by atoms with E-state index < -0.39 is 0 Å². The summed E-state index contributed by atoms with van der Waals surface area (Å²) >= 11 is 5.01. The van der Waals surface area contributed by atoms with Crippen LogP contribution < -0.4 is 0 Å². The summed E-state index contributed by atoms with van der Waals surface area (Å²) in [6.45, 7) is 0. The Morgan fingerprint density at radius 3 is 2.70 bits per heavy atom. The molecule has 1 aliphatic carbocycles. The van der Waals surface area contributed by atoms with Crippen molar-refractivity contribution in [1.82, 2.24) is 9.88 Å². The molecule has 0 saturated heterocycles. The fourth-order valence-corrected chi connectivity index (χ4v) is 4.90. The topological polar surface area (TPSA) is 33.2 Å². The minimum atomic E-state index is 0.0800. The summed E-state index contributed by atoms with van der Waals surface area (Å²) in [7, 11) is 3.61. The molecule has 120 valence electrons. The Hall–Kier alpha value is -1.38. The lowest BCUT2D eigenvalue weighted by atomic mass is 9.78. The second-order valence-electron chi connectivity index (χ2n) is 6.26. The Kier molecular flexibility index (Phi) is 4.74. The van der Waals surface area contributed by atoms with Crippen LogP contribution in [-0.4, -0.2) is 29.9 Å². The maximum atomic E-state index is 12.7. The van der Waals surface area contributed by atoms with Gasteiger partial charge >= 0.3 is 0 Å². The molecule has 0 radical (unpaired) electrons. The molecule has 3 rings (SSSR count). The second-order valence-corrected chi connectivity index (χ2v) is 8.13. The van der Waals surface area contributed by atoms with Gasteiger partial charge in [0.1, 0.15) is 4.60 Å². The van der Waals surface area contributed by atoms with E-state index in [9.17, 15) is 4.79 Å². The number of rotatable bonds is 2. The van der Waals surface area contributed by atoms with Crippen LogP contribution in [0, 0.1) is 18.3 Å². The van der Waals surface area contributed by atoms with E-state index in [1.54, 1.807) is 30.3 Å². The zero-order chi connectivity index (χ0) is 16.6. The number of amides is 1. The second kappa shape index (κ2) is 6.62. The highest BCUT2D eigenvalue weighted by molar-refractivity contribution is 9.10. The van der Waals surface area contributed by atoms with Crippen molar-refractivity contribution in [1.29, 1.82) is 0 Å². The highest BCUT2D eigenvalue weighted by Gasteiger charge is 2.29. The van der Waals surface area contributed by atoms with Crippen molar-refractivity contribution in [3.8, 4) is 12.3 Å². The molecule has 2 aromatic rings. The van der Waals surface area contributed by atoms with Crippen molar-refractivity contribution in [3.63, 3.8) is 0 Å². The molecule has 1 aliphatic rings. The van der Waals surface area contributed by atoms with Crippen LogP contribution in [0.1, 0.15) is 46.8 Å². The van der Waals surface area contributed by atoms with Crippen molar-refractivity contribution >= 4 is 43.3 Å². The zero-order valence-electron chi connectivity index (χ0n) is 13.3. The normalized spacial score (nSPS) is 21.1. The third kappa shape index (κ3) is 3.15. The lowest BCUT2D eigenvalue weighted by Gasteiger charge is -2.26. The fourth-order valence-electron chi connectivity index (χ4n) is 3.31. The van der Waals surface area contributed by atoms with Gasteiger partial charge in [0.15, 0.2) is 0 Å². The number of terminal acetylenes is 1. The first-order valence-electron chi connectivity index (χ1n) is 7.77. The van der Waals surface area contributed by atoms with Crippen molar-refractivity contribution in [2.75, 3.05) is 14.1 Å². The molecule has 0 N–H and O–H groups in total. The van der Waals surface area contributed by atoms with Gasteiger partial charge in [-0.05, 0) is 59.2 Å². The van der Waals surface area contributed by atoms with Crippen LogP contribution in [-0.2, 0) is 0 Å². The smallest absolute Gasteiger partial charge is 0.263 e. The largest absolute Gasteiger partial charge is 0.344 e. The summed E-state index contributed by atoms with van der Waals surface area (Å²) in [5.41, 5.74) is 1.20. The molecule has 5 heteroatoms. The number of pyridine rings is 1. The van der Waals surface area contributed by atoms with Gasteiger partial charge in [-0.3, -0.25) is 4.79 Å². The van der Waals surface area contributed by atoms with Gasteiger partial charge in [0, 0.05) is 31.6 Å². The van der Waals surface area contributed by atoms with Gasteiger partial charge in [0.05, 0.1) is 9.58 Å². The zero-order valence-corrected chi connectivity index (χ0v) is 15.7. The number of thiophene rings is 1. The number of nitrogens with zero attached hydrogens (tertiary/aromatic N) is 2. The first-order chi connectivity index (χ1) is 11.0. The maximum Gasteiger partial charge on any atom is 0.263 e. The summed E-state index contributed by atoms with van der Waals surface area (Å²) in [5.74, 6) is 3.75. The Balaban J connectivity index is 2.09. The van der Waals surface area contributed by atoms with E-state index >= 15 is 0 Å². The fraction of sp³-hybridized carbons (Fsp3) is 0.444. The van der Waals surface area contributed by atoms with Crippen LogP contribution in [0.2, 0.25) is 0 Å². The van der Waals surface area contributed by atoms with Crippen LogP contribution in [0.15, 0.2) is 16.9 Å². The molecule has 0 bridgehead atoms. The number of fused-ring (bicyclic) bond motifs is 1. The van der Waals surface area contributed by atoms with Crippen molar-refractivity contribution in [2.24, 2.45) is 5.92 Å². The molecule has 1 amide bonds. The first-order valence-corrected chi connectivity index (χ1v) is 9.38. The van der Waals surface area contributed by atoms with Gasteiger partial charge in [-0.15, -0.1) is 23.7 Å². The highest BCUT2D eigenvalue weighted by Crippen LogP contribution is 2.44. The van der Waals surface area contributed by atoms with E-state index in [0.29, 0.717) is 11.8 Å².